The number of amidine groups is 1. The molecule has 3 nitrogen and oxygen atoms in total. The summed E-state index contributed by atoms with van der Waals surface area (Å²) in [6, 6.07) is 0. The van der Waals surface area contributed by atoms with Crippen molar-refractivity contribution in [2.24, 2.45) is 4.99 Å². The Hall–Kier alpha value is -0.770. The minimum atomic E-state index is 0.138. The number of allylic oxidation sites excluding steroid dienone is 2. The Labute approximate surface area is 67.2 Å². The van der Waals surface area contributed by atoms with Crippen LogP contribution >= 0.6 is 15.9 Å². The SMILES string of the molecule is BrC1=NC2C=CC=CN2N1. The number of hydrogen-bond donors (Lipinski definition) is 1. The van der Waals surface area contributed by atoms with Crippen molar-refractivity contribution in [3.05, 3.63) is 24.4 Å². The molecule has 0 aromatic heterocycles. The van der Waals surface area contributed by atoms with E-state index in [1.165, 1.54) is 0 Å². The Morgan fingerprint density at radius 2 is 2.50 bits per heavy atom. The first-order chi connectivity index (χ1) is 4.86. The van der Waals surface area contributed by atoms with Gasteiger partial charge in [-0.25, -0.2) is 4.99 Å². The van der Waals surface area contributed by atoms with Gasteiger partial charge in [0.1, 0.15) is 0 Å². The van der Waals surface area contributed by atoms with Crippen LogP contribution in [0.5, 0.6) is 0 Å². The van der Waals surface area contributed by atoms with Gasteiger partial charge in [0.15, 0.2) is 10.9 Å². The molecule has 10 heavy (non-hydrogen) atoms. The highest BCUT2D eigenvalue weighted by atomic mass is 79.9. The second-order valence-electron chi connectivity index (χ2n) is 2.08. The van der Waals surface area contributed by atoms with Crippen LogP contribution in [0, 0.1) is 0 Å². The van der Waals surface area contributed by atoms with E-state index in [2.05, 4.69) is 26.3 Å². The van der Waals surface area contributed by atoms with Crippen molar-refractivity contribution in [2.75, 3.05) is 0 Å². The van der Waals surface area contributed by atoms with Crippen LogP contribution in [0.1, 0.15) is 0 Å². The Morgan fingerprint density at radius 1 is 1.60 bits per heavy atom. The topological polar surface area (TPSA) is 27.6 Å². The summed E-state index contributed by atoms with van der Waals surface area (Å²) in [5, 5.41) is 1.92. The highest BCUT2D eigenvalue weighted by Gasteiger charge is 2.19. The molecular weight excluding hydrogens is 194 g/mol. The number of hydrazine groups is 1. The quantitative estimate of drug-likeness (QED) is 0.590. The van der Waals surface area contributed by atoms with Gasteiger partial charge >= 0.3 is 0 Å². The Balaban J connectivity index is 2.24. The molecule has 0 aromatic carbocycles. The number of aliphatic imine (C=N–C) groups is 1. The average Bonchev–Trinajstić information content (AvgIpc) is 2.27. The van der Waals surface area contributed by atoms with E-state index < -0.39 is 0 Å². The van der Waals surface area contributed by atoms with Gasteiger partial charge < -0.3 is 0 Å². The standard InChI is InChI=1S/C6H6BrN3/c7-6-8-5-3-1-2-4-10(5)9-6/h1-5H,(H,8,9). The molecule has 0 bridgehead atoms. The first kappa shape index (κ1) is 5.97. The second kappa shape index (κ2) is 2.12. The molecule has 0 amide bonds. The summed E-state index contributed by atoms with van der Waals surface area (Å²) in [5.74, 6) is 0. The van der Waals surface area contributed by atoms with Gasteiger partial charge in [0, 0.05) is 6.20 Å². The normalized spacial score (nSPS) is 27.9. The number of rotatable bonds is 0. The zero-order chi connectivity index (χ0) is 6.97. The fourth-order valence-electron chi connectivity index (χ4n) is 0.947. The van der Waals surface area contributed by atoms with Crippen LogP contribution in [0.2, 0.25) is 0 Å². The van der Waals surface area contributed by atoms with Crippen LogP contribution in [0.3, 0.4) is 0 Å². The smallest absolute Gasteiger partial charge is 0.187 e. The average molecular weight is 200 g/mol. The molecule has 1 unspecified atom stereocenters. The van der Waals surface area contributed by atoms with E-state index in [0.29, 0.717) is 0 Å². The third kappa shape index (κ3) is 0.844. The fourth-order valence-corrected chi connectivity index (χ4v) is 1.36. The maximum Gasteiger partial charge on any atom is 0.187 e. The molecule has 2 aliphatic heterocycles. The molecule has 0 aromatic rings. The van der Waals surface area contributed by atoms with E-state index in [4.69, 9.17) is 0 Å². The maximum atomic E-state index is 4.22. The number of nitrogens with zero attached hydrogens (tertiary/aromatic N) is 2. The Bertz CT molecular complexity index is 231. The molecule has 0 spiro atoms. The van der Waals surface area contributed by atoms with Crippen LogP contribution in [-0.4, -0.2) is 15.9 Å². The van der Waals surface area contributed by atoms with Crippen molar-refractivity contribution in [2.45, 2.75) is 6.17 Å². The van der Waals surface area contributed by atoms with Gasteiger partial charge in [0.05, 0.1) is 0 Å². The lowest BCUT2D eigenvalue weighted by molar-refractivity contribution is 0.315. The first-order valence-corrected chi connectivity index (χ1v) is 3.79. The van der Waals surface area contributed by atoms with E-state index >= 15 is 0 Å². The predicted molar refractivity (Wildman–Crippen MR) is 43.4 cm³/mol. The molecule has 2 rings (SSSR count). The van der Waals surface area contributed by atoms with Gasteiger partial charge in [-0.05, 0) is 28.1 Å². The van der Waals surface area contributed by atoms with E-state index in [0.717, 1.165) is 4.74 Å². The Morgan fingerprint density at radius 3 is 3.30 bits per heavy atom. The van der Waals surface area contributed by atoms with Crippen molar-refractivity contribution in [1.29, 1.82) is 0 Å². The molecule has 52 valence electrons. The predicted octanol–water partition coefficient (Wildman–Crippen LogP) is 0.967. The van der Waals surface area contributed by atoms with E-state index in [1.54, 1.807) is 0 Å². The lowest BCUT2D eigenvalue weighted by atomic mass is 10.3. The second-order valence-corrected chi connectivity index (χ2v) is 2.83. The summed E-state index contributed by atoms with van der Waals surface area (Å²) in [6.07, 6.45) is 8.05. The van der Waals surface area contributed by atoms with Crippen molar-refractivity contribution >= 4 is 20.7 Å². The minimum Gasteiger partial charge on any atom is -0.274 e. The highest BCUT2D eigenvalue weighted by molar-refractivity contribution is 9.18. The summed E-state index contributed by atoms with van der Waals surface area (Å²) in [4.78, 5) is 4.22. The van der Waals surface area contributed by atoms with Crippen molar-refractivity contribution in [1.82, 2.24) is 10.4 Å². The maximum absolute atomic E-state index is 4.22. The number of nitrogens with one attached hydrogen (secondary N) is 1. The third-order valence-corrected chi connectivity index (χ3v) is 1.78. The van der Waals surface area contributed by atoms with Crippen LogP contribution in [0.4, 0.5) is 0 Å². The molecule has 0 saturated carbocycles. The van der Waals surface area contributed by atoms with Gasteiger partial charge in [-0.15, -0.1) is 0 Å². The summed E-state index contributed by atoms with van der Waals surface area (Å²) in [5.41, 5.74) is 3.02. The van der Waals surface area contributed by atoms with Gasteiger partial charge in [0.25, 0.3) is 0 Å². The summed E-state index contributed by atoms with van der Waals surface area (Å²) in [7, 11) is 0. The molecule has 0 saturated heterocycles. The van der Waals surface area contributed by atoms with Gasteiger partial charge in [-0.3, -0.25) is 10.4 Å². The molecular formula is C6H6BrN3. The lowest BCUT2D eigenvalue weighted by Gasteiger charge is -2.19. The molecule has 1 N–H and O–H groups in total. The number of hydrogen-bond acceptors (Lipinski definition) is 3. The molecule has 1 atom stereocenters. The minimum absolute atomic E-state index is 0.138. The molecule has 2 aliphatic rings. The fraction of sp³-hybridized carbons (Fsp3) is 0.167. The van der Waals surface area contributed by atoms with Crippen LogP contribution in [0.15, 0.2) is 29.4 Å². The third-order valence-electron chi connectivity index (χ3n) is 1.39. The molecule has 4 heteroatoms. The van der Waals surface area contributed by atoms with Gasteiger partial charge in [0.2, 0.25) is 0 Å². The van der Waals surface area contributed by atoms with Crippen LogP contribution in [0.25, 0.3) is 0 Å². The van der Waals surface area contributed by atoms with Crippen molar-refractivity contribution in [3.63, 3.8) is 0 Å². The summed E-state index contributed by atoms with van der Waals surface area (Å²) >= 11 is 3.26. The number of halogens is 1. The Kier molecular flexibility index (Phi) is 1.27. The zero-order valence-corrected chi connectivity index (χ0v) is 6.75. The van der Waals surface area contributed by atoms with Crippen LogP contribution in [-0.2, 0) is 0 Å². The van der Waals surface area contributed by atoms with E-state index in [9.17, 15) is 0 Å². The lowest BCUT2D eigenvalue weighted by Crippen LogP contribution is -2.34. The first-order valence-electron chi connectivity index (χ1n) is 2.99. The summed E-state index contributed by atoms with van der Waals surface area (Å²) < 4.78 is 0.786. The molecule has 0 aliphatic carbocycles. The van der Waals surface area contributed by atoms with E-state index in [-0.39, 0.29) is 6.17 Å². The number of fused-ring (bicyclic) bond motifs is 1. The van der Waals surface area contributed by atoms with Gasteiger partial charge in [-0.2, -0.15) is 0 Å². The van der Waals surface area contributed by atoms with Crippen molar-refractivity contribution < 1.29 is 0 Å². The summed E-state index contributed by atoms with van der Waals surface area (Å²) in [6.45, 7) is 0. The monoisotopic (exact) mass is 199 g/mol. The molecule has 2 heterocycles. The zero-order valence-electron chi connectivity index (χ0n) is 5.16. The highest BCUT2D eigenvalue weighted by Crippen LogP contribution is 2.13. The van der Waals surface area contributed by atoms with Gasteiger partial charge in [-0.1, -0.05) is 6.08 Å². The molecule has 0 fully saturated rings. The van der Waals surface area contributed by atoms with Crippen molar-refractivity contribution in [3.8, 4) is 0 Å². The van der Waals surface area contributed by atoms with E-state index in [1.807, 2.05) is 29.4 Å². The largest absolute Gasteiger partial charge is 0.274 e. The molecule has 0 radical (unpaired) electrons. The van der Waals surface area contributed by atoms with Crippen LogP contribution < -0.4 is 5.43 Å².